The third-order valence-electron chi connectivity index (χ3n) is 6.60. The first-order valence-electron chi connectivity index (χ1n) is 12.6. The average molecular weight is 505 g/mol. The quantitative estimate of drug-likeness (QED) is 0.342. The first-order valence-corrected chi connectivity index (χ1v) is 12.6. The van der Waals surface area contributed by atoms with Gasteiger partial charge in [0.15, 0.2) is 0 Å². The predicted molar refractivity (Wildman–Crippen MR) is 146 cm³/mol. The lowest BCUT2D eigenvalue weighted by atomic mass is 10.1. The Labute approximate surface area is 221 Å². The number of pyridine rings is 1. The molecular weight excluding hydrogens is 476 g/mol. The third kappa shape index (κ3) is 5.44. The molecule has 0 aliphatic carbocycles. The van der Waals surface area contributed by atoms with E-state index in [0.717, 1.165) is 72.3 Å². The molecule has 0 amide bonds. The lowest BCUT2D eigenvalue weighted by Crippen LogP contribution is -2.35. The van der Waals surface area contributed by atoms with Crippen molar-refractivity contribution in [1.29, 1.82) is 0 Å². The van der Waals surface area contributed by atoms with Gasteiger partial charge in [0.2, 0.25) is 5.95 Å². The normalized spacial score (nSPS) is 13.9. The molecule has 3 aromatic heterocycles. The molecule has 2 aromatic carbocycles. The lowest BCUT2D eigenvalue weighted by Gasteiger charge is -2.26. The topological polar surface area (TPSA) is 93.9 Å². The summed E-state index contributed by atoms with van der Waals surface area (Å²) >= 11 is 0. The van der Waals surface area contributed by atoms with Gasteiger partial charge in [-0.15, -0.1) is 5.10 Å². The minimum Gasteiger partial charge on any atom is -0.379 e. The van der Waals surface area contributed by atoms with E-state index in [-0.39, 0.29) is 0 Å². The van der Waals surface area contributed by atoms with Gasteiger partial charge in [0, 0.05) is 55.0 Å². The Morgan fingerprint density at radius 3 is 2.61 bits per heavy atom. The van der Waals surface area contributed by atoms with Crippen LogP contribution in [0.1, 0.15) is 11.1 Å². The summed E-state index contributed by atoms with van der Waals surface area (Å²) in [5.41, 5.74) is 7.73. The summed E-state index contributed by atoms with van der Waals surface area (Å²) in [6.45, 7) is 6.54. The number of rotatable bonds is 7. The van der Waals surface area contributed by atoms with Gasteiger partial charge in [-0.3, -0.25) is 9.88 Å². The molecular formula is C29H28N8O. The Bertz CT molecular complexity index is 1510. The van der Waals surface area contributed by atoms with Gasteiger partial charge in [-0.2, -0.15) is 0 Å². The standard InChI is InChI=1S/C29H28N8O/c1-21-4-7-23(17-27(21)33-29-31-12-10-26(32-29)24-3-2-11-30-18-24)28-20-37(35-34-28)25-8-5-22(6-9-25)19-36-13-15-38-16-14-36/h2-12,17-18,20H,13-16,19H2,1H3,(H,31,32,33). The Kier molecular flexibility index (Phi) is 6.84. The Morgan fingerprint density at radius 2 is 1.79 bits per heavy atom. The molecule has 0 bridgehead atoms. The van der Waals surface area contributed by atoms with Gasteiger partial charge < -0.3 is 10.1 Å². The summed E-state index contributed by atoms with van der Waals surface area (Å²) in [6, 6.07) is 20.4. The van der Waals surface area contributed by atoms with Crippen molar-refractivity contribution in [3.8, 4) is 28.2 Å². The number of hydrogen-bond acceptors (Lipinski definition) is 8. The van der Waals surface area contributed by atoms with Crippen molar-refractivity contribution >= 4 is 11.6 Å². The number of nitrogens with one attached hydrogen (secondary N) is 1. The first kappa shape index (κ1) is 23.9. The van der Waals surface area contributed by atoms with Crippen molar-refractivity contribution in [2.45, 2.75) is 13.5 Å². The van der Waals surface area contributed by atoms with Crippen LogP contribution in [0.5, 0.6) is 0 Å². The number of hydrogen-bond donors (Lipinski definition) is 1. The van der Waals surface area contributed by atoms with Crippen LogP contribution in [-0.2, 0) is 11.3 Å². The Morgan fingerprint density at radius 1 is 0.921 bits per heavy atom. The predicted octanol–water partition coefficient (Wildman–Crippen LogP) is 4.67. The monoisotopic (exact) mass is 504 g/mol. The smallest absolute Gasteiger partial charge is 0.227 e. The fourth-order valence-corrected chi connectivity index (χ4v) is 4.42. The summed E-state index contributed by atoms with van der Waals surface area (Å²) in [6.07, 6.45) is 7.23. The molecule has 0 atom stereocenters. The summed E-state index contributed by atoms with van der Waals surface area (Å²) in [4.78, 5) is 15.7. The van der Waals surface area contributed by atoms with Crippen LogP contribution in [0.15, 0.2) is 85.5 Å². The number of morpholine rings is 1. The van der Waals surface area contributed by atoms with Gasteiger partial charge in [-0.05, 0) is 54.4 Å². The van der Waals surface area contributed by atoms with Crippen molar-refractivity contribution in [3.63, 3.8) is 0 Å². The van der Waals surface area contributed by atoms with E-state index in [9.17, 15) is 0 Å². The Hall–Kier alpha value is -4.47. The van der Waals surface area contributed by atoms with Crippen molar-refractivity contribution in [2.75, 3.05) is 31.6 Å². The van der Waals surface area contributed by atoms with E-state index >= 15 is 0 Å². The number of aryl methyl sites for hydroxylation is 1. The minimum atomic E-state index is 0.521. The molecule has 9 heteroatoms. The van der Waals surface area contributed by atoms with Crippen LogP contribution in [0.2, 0.25) is 0 Å². The van der Waals surface area contributed by atoms with E-state index in [1.807, 2.05) is 37.4 Å². The van der Waals surface area contributed by atoms with Crippen LogP contribution in [0.4, 0.5) is 11.6 Å². The van der Waals surface area contributed by atoms with E-state index < -0.39 is 0 Å². The minimum absolute atomic E-state index is 0.521. The summed E-state index contributed by atoms with van der Waals surface area (Å²) in [7, 11) is 0. The molecule has 1 N–H and O–H groups in total. The Balaban J connectivity index is 1.18. The van der Waals surface area contributed by atoms with E-state index in [1.165, 1.54) is 5.56 Å². The van der Waals surface area contributed by atoms with E-state index in [2.05, 4.69) is 71.9 Å². The number of nitrogens with zero attached hydrogens (tertiary/aromatic N) is 7. The fourth-order valence-electron chi connectivity index (χ4n) is 4.42. The van der Waals surface area contributed by atoms with Crippen LogP contribution >= 0.6 is 0 Å². The molecule has 0 saturated carbocycles. The van der Waals surface area contributed by atoms with Gasteiger partial charge in [-0.1, -0.05) is 29.5 Å². The van der Waals surface area contributed by atoms with Crippen LogP contribution in [0.25, 0.3) is 28.2 Å². The maximum Gasteiger partial charge on any atom is 0.227 e. The molecule has 1 fully saturated rings. The zero-order valence-electron chi connectivity index (χ0n) is 21.2. The maximum atomic E-state index is 5.45. The van der Waals surface area contributed by atoms with Crippen LogP contribution in [0, 0.1) is 6.92 Å². The highest BCUT2D eigenvalue weighted by atomic mass is 16.5. The van der Waals surface area contributed by atoms with Gasteiger partial charge in [0.05, 0.1) is 30.8 Å². The highest BCUT2D eigenvalue weighted by Crippen LogP contribution is 2.27. The summed E-state index contributed by atoms with van der Waals surface area (Å²) < 4.78 is 7.25. The largest absolute Gasteiger partial charge is 0.379 e. The molecule has 4 heterocycles. The van der Waals surface area contributed by atoms with Crippen LogP contribution in [0.3, 0.4) is 0 Å². The second-order valence-corrected chi connectivity index (χ2v) is 9.27. The van der Waals surface area contributed by atoms with E-state index in [4.69, 9.17) is 4.74 Å². The first-order chi connectivity index (χ1) is 18.7. The molecule has 0 unspecified atom stereocenters. The van der Waals surface area contributed by atoms with Crippen molar-refractivity contribution in [1.82, 2.24) is 34.8 Å². The number of ether oxygens (including phenoxy) is 1. The SMILES string of the molecule is Cc1ccc(-c2cn(-c3ccc(CN4CCOCC4)cc3)nn2)cc1Nc1nccc(-c2cccnc2)n1. The number of aromatic nitrogens is 6. The average Bonchev–Trinajstić information content (AvgIpc) is 3.46. The molecule has 5 aromatic rings. The van der Waals surface area contributed by atoms with Crippen molar-refractivity contribution < 1.29 is 4.74 Å². The van der Waals surface area contributed by atoms with Gasteiger partial charge in [0.1, 0.15) is 5.69 Å². The summed E-state index contributed by atoms with van der Waals surface area (Å²) in [5.74, 6) is 0.521. The molecule has 1 saturated heterocycles. The second kappa shape index (κ2) is 10.9. The van der Waals surface area contributed by atoms with Gasteiger partial charge >= 0.3 is 0 Å². The zero-order valence-corrected chi connectivity index (χ0v) is 21.2. The van der Waals surface area contributed by atoms with E-state index in [1.54, 1.807) is 23.3 Å². The maximum absolute atomic E-state index is 5.45. The highest BCUT2D eigenvalue weighted by molar-refractivity contribution is 5.70. The van der Waals surface area contributed by atoms with Gasteiger partial charge in [0.25, 0.3) is 0 Å². The van der Waals surface area contributed by atoms with Crippen molar-refractivity contribution in [3.05, 3.63) is 96.6 Å². The molecule has 1 aliphatic heterocycles. The lowest BCUT2D eigenvalue weighted by molar-refractivity contribution is 0.0342. The van der Waals surface area contributed by atoms with Crippen molar-refractivity contribution in [2.24, 2.45) is 0 Å². The summed E-state index contributed by atoms with van der Waals surface area (Å²) in [5, 5.41) is 12.2. The molecule has 0 radical (unpaired) electrons. The molecule has 1 aliphatic rings. The van der Waals surface area contributed by atoms with Crippen LogP contribution in [-0.4, -0.2) is 61.1 Å². The zero-order chi connectivity index (χ0) is 25.7. The third-order valence-corrected chi connectivity index (χ3v) is 6.60. The molecule has 6 rings (SSSR count). The molecule has 0 spiro atoms. The fraction of sp³-hybridized carbons (Fsp3) is 0.207. The molecule has 190 valence electrons. The molecule has 38 heavy (non-hydrogen) atoms. The molecule has 9 nitrogen and oxygen atoms in total. The number of benzene rings is 2. The van der Waals surface area contributed by atoms with Crippen LogP contribution < -0.4 is 5.32 Å². The van der Waals surface area contributed by atoms with Gasteiger partial charge in [-0.25, -0.2) is 14.6 Å². The second-order valence-electron chi connectivity index (χ2n) is 9.27. The highest BCUT2D eigenvalue weighted by Gasteiger charge is 2.12. The van der Waals surface area contributed by atoms with E-state index in [0.29, 0.717) is 5.95 Å². The number of anilines is 2.